The van der Waals surface area contributed by atoms with Crippen molar-refractivity contribution in [1.82, 2.24) is 20.1 Å². The molecule has 0 bridgehead atoms. The molecule has 9 heteroatoms. The van der Waals surface area contributed by atoms with Gasteiger partial charge in [0.25, 0.3) is 5.91 Å². The largest absolute Gasteiger partial charge is 0.496 e. The summed E-state index contributed by atoms with van der Waals surface area (Å²) < 4.78 is 5.41. The number of anilines is 1. The summed E-state index contributed by atoms with van der Waals surface area (Å²) in [7, 11) is 1.60. The van der Waals surface area contributed by atoms with Crippen LogP contribution in [0.25, 0.3) is 0 Å². The molecule has 3 rings (SSSR count). The number of unbranched alkanes of at least 4 members (excludes halogenated alkanes) is 2. The third kappa shape index (κ3) is 7.18. The van der Waals surface area contributed by atoms with E-state index in [4.69, 9.17) is 10.00 Å². The zero-order valence-electron chi connectivity index (χ0n) is 20.0. The first-order valence-corrected chi connectivity index (χ1v) is 11.7. The highest BCUT2D eigenvalue weighted by molar-refractivity contribution is 5.98. The summed E-state index contributed by atoms with van der Waals surface area (Å²) in [5.74, 6) is 1.13. The second-order valence-electron chi connectivity index (χ2n) is 8.19. The number of ether oxygens (including phenoxy) is 1. The van der Waals surface area contributed by atoms with E-state index in [9.17, 15) is 4.79 Å². The third-order valence-electron chi connectivity index (χ3n) is 5.88. The first-order valence-electron chi connectivity index (χ1n) is 11.7. The van der Waals surface area contributed by atoms with Crippen molar-refractivity contribution < 1.29 is 9.53 Å². The second-order valence-corrected chi connectivity index (χ2v) is 8.19. The lowest BCUT2D eigenvalue weighted by molar-refractivity contribution is 0.0631. The Bertz CT molecular complexity index is 996. The summed E-state index contributed by atoms with van der Waals surface area (Å²) in [5.41, 5.74) is 2.44. The summed E-state index contributed by atoms with van der Waals surface area (Å²) in [5, 5.41) is 15.2. The van der Waals surface area contributed by atoms with Crippen LogP contribution in [-0.2, 0) is 0 Å². The molecular formula is C25H33N7O2. The molecule has 180 valence electrons. The molecule has 0 unspecified atom stereocenters. The third-order valence-corrected chi connectivity index (χ3v) is 5.88. The Morgan fingerprint density at radius 3 is 2.62 bits per heavy atom. The van der Waals surface area contributed by atoms with Crippen LogP contribution in [0.3, 0.4) is 0 Å². The van der Waals surface area contributed by atoms with Gasteiger partial charge in [-0.05, 0) is 50.1 Å². The minimum Gasteiger partial charge on any atom is -0.496 e. The predicted octanol–water partition coefficient (Wildman–Crippen LogP) is 2.87. The second kappa shape index (κ2) is 13.2. The number of guanidine groups is 1. The average Bonchev–Trinajstić information content (AvgIpc) is 2.86. The van der Waals surface area contributed by atoms with Gasteiger partial charge >= 0.3 is 0 Å². The molecule has 34 heavy (non-hydrogen) atoms. The van der Waals surface area contributed by atoms with Crippen LogP contribution in [0.5, 0.6) is 5.75 Å². The average molecular weight is 464 g/mol. The number of methoxy groups -OCH3 is 1. The fourth-order valence-electron chi connectivity index (χ4n) is 4.00. The predicted molar refractivity (Wildman–Crippen MR) is 133 cm³/mol. The number of carbonyl (C=O) groups excluding carboxylic acids is 1. The molecule has 1 saturated heterocycles. The van der Waals surface area contributed by atoms with E-state index in [1.807, 2.05) is 48.3 Å². The van der Waals surface area contributed by atoms with Gasteiger partial charge in [-0.15, -0.1) is 4.99 Å². The molecule has 1 fully saturated rings. The normalized spacial score (nSPS) is 14.4. The lowest BCUT2D eigenvalue weighted by Crippen LogP contribution is -2.49. The zero-order chi connectivity index (χ0) is 24.2. The molecule has 1 aliphatic heterocycles. The van der Waals surface area contributed by atoms with E-state index in [2.05, 4.69) is 25.5 Å². The van der Waals surface area contributed by atoms with Gasteiger partial charge < -0.3 is 20.3 Å². The Hall–Kier alpha value is -3.64. The maximum Gasteiger partial charge on any atom is 0.257 e. The van der Waals surface area contributed by atoms with Crippen molar-refractivity contribution in [3.63, 3.8) is 0 Å². The minimum atomic E-state index is 0.0517. The number of pyridine rings is 1. The molecule has 0 aliphatic carbocycles. The summed E-state index contributed by atoms with van der Waals surface area (Å²) in [6.07, 6.45) is 8.32. The van der Waals surface area contributed by atoms with Crippen molar-refractivity contribution in [3.05, 3.63) is 53.9 Å². The Morgan fingerprint density at radius 1 is 1.15 bits per heavy atom. The topological polar surface area (TPSA) is 106 Å². The van der Waals surface area contributed by atoms with Gasteiger partial charge in [0.15, 0.2) is 0 Å². The fourth-order valence-corrected chi connectivity index (χ4v) is 4.00. The van der Waals surface area contributed by atoms with Crippen LogP contribution >= 0.6 is 0 Å². The molecule has 2 aromatic rings. The van der Waals surface area contributed by atoms with Gasteiger partial charge in [0.1, 0.15) is 5.75 Å². The van der Waals surface area contributed by atoms with E-state index in [-0.39, 0.29) is 5.91 Å². The first-order chi connectivity index (χ1) is 16.6. The van der Waals surface area contributed by atoms with Gasteiger partial charge in [-0.1, -0.05) is 18.6 Å². The quantitative estimate of drug-likeness (QED) is 0.255. The smallest absolute Gasteiger partial charge is 0.257 e. The number of aryl methyl sites for hydroxylation is 1. The number of piperazine rings is 1. The van der Waals surface area contributed by atoms with E-state index >= 15 is 0 Å². The van der Waals surface area contributed by atoms with E-state index in [0.29, 0.717) is 17.3 Å². The van der Waals surface area contributed by atoms with E-state index in [0.717, 1.165) is 69.8 Å². The number of hydrogen-bond acceptors (Lipinski definition) is 6. The standard InChI is InChI=1S/C25H33N7O2/c1-20-7-6-8-22(34-2)23(20)24(33)32-17-15-31(16-18-32)14-5-3-4-11-28-25(29-19-26)30-21-9-12-27-13-10-21/h6-10,12-13H,3-5,11,14-18H2,1-2H3,(H2,27,28,29,30). The molecule has 1 aromatic heterocycles. The van der Waals surface area contributed by atoms with Gasteiger partial charge in [-0.25, -0.2) is 0 Å². The number of hydrogen-bond donors (Lipinski definition) is 2. The van der Waals surface area contributed by atoms with Crippen molar-refractivity contribution in [3.8, 4) is 11.9 Å². The number of nitrogens with one attached hydrogen (secondary N) is 2. The molecule has 0 atom stereocenters. The van der Waals surface area contributed by atoms with Crippen LogP contribution in [0.4, 0.5) is 5.69 Å². The number of carbonyl (C=O) groups is 1. The molecule has 1 aromatic carbocycles. The Balaban J connectivity index is 1.33. The van der Waals surface area contributed by atoms with Crippen molar-refractivity contribution in [2.24, 2.45) is 4.99 Å². The number of nitriles is 1. The highest BCUT2D eigenvalue weighted by Crippen LogP contribution is 2.24. The molecule has 0 saturated carbocycles. The number of aliphatic imine (C=N–C) groups is 1. The van der Waals surface area contributed by atoms with Gasteiger partial charge in [0, 0.05) is 50.8 Å². The lowest BCUT2D eigenvalue weighted by Gasteiger charge is -2.35. The van der Waals surface area contributed by atoms with Gasteiger partial charge in [0.05, 0.1) is 12.7 Å². The molecule has 1 aliphatic rings. The van der Waals surface area contributed by atoms with E-state index in [1.54, 1.807) is 19.5 Å². The molecule has 0 radical (unpaired) electrons. The van der Waals surface area contributed by atoms with E-state index < -0.39 is 0 Å². The first kappa shape index (κ1) is 25.0. The summed E-state index contributed by atoms with van der Waals surface area (Å²) in [6, 6.07) is 9.34. The van der Waals surface area contributed by atoms with Crippen LogP contribution in [0.2, 0.25) is 0 Å². The van der Waals surface area contributed by atoms with Gasteiger partial charge in [-0.2, -0.15) is 5.26 Å². The number of amides is 1. The van der Waals surface area contributed by atoms with Crippen LogP contribution in [0.1, 0.15) is 35.2 Å². The Kier molecular flexibility index (Phi) is 9.67. The van der Waals surface area contributed by atoms with Crippen molar-refractivity contribution in [2.75, 3.05) is 51.7 Å². The maximum atomic E-state index is 13.0. The van der Waals surface area contributed by atoms with Crippen molar-refractivity contribution >= 4 is 17.6 Å². The molecule has 1 amide bonds. The SMILES string of the molecule is COc1cccc(C)c1C(=O)N1CCN(CCCCCN/C(=N/C#N)Nc2ccncc2)CC1. The van der Waals surface area contributed by atoms with Crippen LogP contribution < -0.4 is 15.4 Å². The fraction of sp³-hybridized carbons (Fsp3) is 0.440. The number of aromatic nitrogens is 1. The zero-order valence-corrected chi connectivity index (χ0v) is 20.0. The number of rotatable bonds is 9. The van der Waals surface area contributed by atoms with Crippen LogP contribution in [0.15, 0.2) is 47.7 Å². The number of nitrogens with zero attached hydrogens (tertiary/aromatic N) is 5. The van der Waals surface area contributed by atoms with Crippen LogP contribution in [-0.4, -0.2) is 73.0 Å². The van der Waals surface area contributed by atoms with Gasteiger partial charge in [-0.3, -0.25) is 14.7 Å². The molecular weight excluding hydrogens is 430 g/mol. The van der Waals surface area contributed by atoms with Gasteiger partial charge in [0.2, 0.25) is 12.2 Å². The monoisotopic (exact) mass is 463 g/mol. The van der Waals surface area contributed by atoms with E-state index in [1.165, 1.54) is 0 Å². The molecule has 9 nitrogen and oxygen atoms in total. The molecule has 2 N–H and O–H groups in total. The summed E-state index contributed by atoms with van der Waals surface area (Å²) in [4.78, 5) is 25.2. The van der Waals surface area contributed by atoms with Crippen molar-refractivity contribution in [2.45, 2.75) is 26.2 Å². The molecule has 2 heterocycles. The Labute approximate surface area is 201 Å². The number of benzene rings is 1. The molecule has 0 spiro atoms. The highest BCUT2D eigenvalue weighted by atomic mass is 16.5. The summed E-state index contributed by atoms with van der Waals surface area (Å²) >= 11 is 0. The van der Waals surface area contributed by atoms with Crippen molar-refractivity contribution in [1.29, 1.82) is 5.26 Å². The maximum absolute atomic E-state index is 13.0. The highest BCUT2D eigenvalue weighted by Gasteiger charge is 2.25. The summed E-state index contributed by atoms with van der Waals surface area (Å²) in [6.45, 7) is 6.92. The lowest BCUT2D eigenvalue weighted by atomic mass is 10.1. The van der Waals surface area contributed by atoms with Crippen LogP contribution in [0, 0.1) is 18.4 Å². The minimum absolute atomic E-state index is 0.0517. The Morgan fingerprint density at radius 2 is 1.91 bits per heavy atom.